The van der Waals surface area contributed by atoms with E-state index < -0.39 is 6.61 Å². The van der Waals surface area contributed by atoms with Crippen molar-refractivity contribution in [1.29, 1.82) is 0 Å². The lowest BCUT2D eigenvalue weighted by Crippen LogP contribution is -2.28. The lowest BCUT2D eigenvalue weighted by molar-refractivity contribution is -0.0498. The molecular weight excluding hydrogens is 422 g/mol. The van der Waals surface area contributed by atoms with Crippen LogP contribution in [0.1, 0.15) is 51.0 Å². The lowest BCUT2D eigenvalue weighted by atomic mass is 9.95. The van der Waals surface area contributed by atoms with Gasteiger partial charge in [-0.2, -0.15) is 8.78 Å². The van der Waals surface area contributed by atoms with Gasteiger partial charge in [-0.15, -0.1) is 11.3 Å². The number of hydrogen-bond donors (Lipinski definition) is 1. The molecule has 31 heavy (non-hydrogen) atoms. The summed E-state index contributed by atoms with van der Waals surface area (Å²) in [7, 11) is 0. The zero-order valence-corrected chi connectivity index (χ0v) is 18.2. The van der Waals surface area contributed by atoms with Crippen LogP contribution < -0.4 is 10.1 Å². The number of thiophene rings is 1. The summed E-state index contributed by atoms with van der Waals surface area (Å²) in [6.45, 7) is 3.10. The van der Waals surface area contributed by atoms with Gasteiger partial charge in [-0.3, -0.25) is 9.69 Å². The minimum Gasteiger partial charge on any atom is -0.459 e. The smallest absolute Gasteiger partial charge is 0.387 e. The van der Waals surface area contributed by atoms with E-state index in [1.165, 1.54) is 17.6 Å². The van der Waals surface area contributed by atoms with Gasteiger partial charge < -0.3 is 14.5 Å². The lowest BCUT2D eigenvalue weighted by Gasteiger charge is -2.29. The first-order valence-electron chi connectivity index (χ1n) is 10.2. The number of carbonyl (C=O) groups excluding carboxylic acids is 1. The maximum absolute atomic E-state index is 12.7. The Labute approximate surface area is 183 Å². The van der Waals surface area contributed by atoms with Crippen LogP contribution in [0.15, 0.2) is 47.1 Å². The summed E-state index contributed by atoms with van der Waals surface area (Å²) in [5.41, 5.74) is 3.12. The predicted octanol–water partition coefficient (Wildman–Crippen LogP) is 6.00. The number of rotatable bonds is 7. The first-order valence-corrected chi connectivity index (χ1v) is 11.0. The maximum Gasteiger partial charge on any atom is 0.387 e. The predicted molar refractivity (Wildman–Crippen MR) is 116 cm³/mol. The fourth-order valence-corrected chi connectivity index (χ4v) is 5.12. The van der Waals surface area contributed by atoms with Gasteiger partial charge in [0, 0.05) is 10.4 Å². The van der Waals surface area contributed by atoms with E-state index in [4.69, 9.17) is 4.42 Å². The third-order valence-electron chi connectivity index (χ3n) is 5.60. The zero-order chi connectivity index (χ0) is 22.0. The average Bonchev–Trinajstić information content (AvgIpc) is 3.49. The van der Waals surface area contributed by atoms with Crippen LogP contribution in [0.5, 0.6) is 5.75 Å². The second kappa shape index (κ2) is 9.20. The SMILES string of the molecule is Cc1sc(NC(=O)c2ccco2)c([C@@H](c2ccc(OC(F)F)cc2)N2CCCC2)c1C. The van der Waals surface area contributed by atoms with Crippen molar-refractivity contribution in [2.24, 2.45) is 0 Å². The number of nitrogens with one attached hydrogen (secondary N) is 1. The van der Waals surface area contributed by atoms with E-state index in [0.29, 0.717) is 0 Å². The number of alkyl halides is 2. The van der Waals surface area contributed by atoms with Crippen molar-refractivity contribution in [1.82, 2.24) is 4.90 Å². The van der Waals surface area contributed by atoms with Crippen LogP contribution in [0.3, 0.4) is 0 Å². The maximum atomic E-state index is 12.7. The summed E-state index contributed by atoms with van der Waals surface area (Å²) in [6.07, 6.45) is 3.66. The van der Waals surface area contributed by atoms with Gasteiger partial charge in [-0.05, 0) is 75.2 Å². The van der Waals surface area contributed by atoms with Crippen LogP contribution in [-0.4, -0.2) is 30.5 Å². The average molecular weight is 447 g/mol. The van der Waals surface area contributed by atoms with E-state index >= 15 is 0 Å². The number of amides is 1. The molecule has 3 aromatic rings. The summed E-state index contributed by atoms with van der Waals surface area (Å²) >= 11 is 1.54. The van der Waals surface area contributed by atoms with Crippen LogP contribution in [0.4, 0.5) is 13.8 Å². The highest BCUT2D eigenvalue weighted by molar-refractivity contribution is 7.16. The van der Waals surface area contributed by atoms with Crippen molar-refractivity contribution in [2.45, 2.75) is 39.3 Å². The quantitative estimate of drug-likeness (QED) is 0.484. The number of aryl methyl sites for hydroxylation is 1. The Hall–Kier alpha value is -2.71. The molecule has 1 aromatic carbocycles. The molecule has 1 aliphatic heterocycles. The molecule has 0 radical (unpaired) electrons. The van der Waals surface area contributed by atoms with E-state index in [1.54, 1.807) is 24.3 Å². The molecule has 1 amide bonds. The van der Waals surface area contributed by atoms with Crippen molar-refractivity contribution in [3.8, 4) is 5.75 Å². The van der Waals surface area contributed by atoms with Gasteiger partial charge in [0.25, 0.3) is 5.91 Å². The van der Waals surface area contributed by atoms with Crippen molar-refractivity contribution >= 4 is 22.2 Å². The van der Waals surface area contributed by atoms with Gasteiger partial charge in [0.1, 0.15) is 10.8 Å². The molecule has 3 heterocycles. The molecular formula is C23H24F2N2O3S. The highest BCUT2D eigenvalue weighted by Crippen LogP contribution is 2.43. The number of furan rings is 1. The van der Waals surface area contributed by atoms with Gasteiger partial charge in [0.05, 0.1) is 12.3 Å². The third kappa shape index (κ3) is 4.65. The number of hydrogen-bond acceptors (Lipinski definition) is 5. The fraction of sp³-hybridized carbons (Fsp3) is 0.348. The van der Waals surface area contributed by atoms with Gasteiger partial charge in [-0.25, -0.2) is 0 Å². The van der Waals surface area contributed by atoms with Crippen molar-refractivity contribution in [3.05, 3.63) is 70.0 Å². The molecule has 1 N–H and O–H groups in total. The van der Waals surface area contributed by atoms with Crippen LogP contribution in [0.25, 0.3) is 0 Å². The van der Waals surface area contributed by atoms with Crippen LogP contribution in [-0.2, 0) is 0 Å². The molecule has 8 heteroatoms. The molecule has 0 unspecified atom stereocenters. The molecule has 1 atom stereocenters. The topological polar surface area (TPSA) is 54.7 Å². The molecule has 0 aliphatic carbocycles. The summed E-state index contributed by atoms with van der Waals surface area (Å²) in [6, 6.07) is 10.00. The Kier molecular flexibility index (Phi) is 6.38. The standard InChI is InChI=1S/C23H24F2N2O3S/c1-14-15(2)31-22(26-21(28)18-6-5-13-29-18)19(14)20(27-11-3-4-12-27)16-7-9-17(10-8-16)30-23(24)25/h5-10,13,20,23H,3-4,11-12H2,1-2H3,(H,26,28)/t20-/m1/s1. The molecule has 5 nitrogen and oxygen atoms in total. The molecule has 1 aliphatic rings. The van der Waals surface area contributed by atoms with Crippen molar-refractivity contribution < 1.29 is 22.7 Å². The molecule has 0 bridgehead atoms. The minimum atomic E-state index is -2.86. The van der Waals surface area contributed by atoms with Gasteiger partial charge in [0.2, 0.25) is 0 Å². The number of benzene rings is 1. The Bertz CT molecular complexity index is 1030. The minimum absolute atomic E-state index is 0.0973. The van der Waals surface area contributed by atoms with Gasteiger partial charge >= 0.3 is 6.61 Å². The molecule has 4 rings (SSSR count). The Morgan fingerprint density at radius 2 is 1.87 bits per heavy atom. The second-order valence-corrected chi connectivity index (χ2v) is 8.78. The Morgan fingerprint density at radius 3 is 2.48 bits per heavy atom. The summed E-state index contributed by atoms with van der Waals surface area (Å²) in [5.74, 6) is 0.0812. The van der Waals surface area contributed by atoms with Crippen molar-refractivity contribution in [2.75, 3.05) is 18.4 Å². The number of ether oxygens (including phenoxy) is 1. The third-order valence-corrected chi connectivity index (χ3v) is 6.74. The first-order chi connectivity index (χ1) is 14.9. The Balaban J connectivity index is 1.72. The molecule has 1 saturated heterocycles. The molecule has 0 spiro atoms. The van der Waals surface area contributed by atoms with Crippen LogP contribution in [0.2, 0.25) is 0 Å². The number of anilines is 1. The van der Waals surface area contributed by atoms with Crippen molar-refractivity contribution in [3.63, 3.8) is 0 Å². The molecule has 2 aromatic heterocycles. The van der Waals surface area contributed by atoms with Gasteiger partial charge in [0.15, 0.2) is 5.76 Å². The largest absolute Gasteiger partial charge is 0.459 e. The molecule has 1 fully saturated rings. The fourth-order valence-electron chi connectivity index (χ4n) is 4.03. The van der Waals surface area contributed by atoms with E-state index in [1.807, 2.05) is 19.1 Å². The molecule has 0 saturated carbocycles. The zero-order valence-electron chi connectivity index (χ0n) is 17.4. The van der Waals surface area contributed by atoms with E-state index in [-0.39, 0.29) is 23.5 Å². The van der Waals surface area contributed by atoms with Gasteiger partial charge in [-0.1, -0.05) is 12.1 Å². The van der Waals surface area contributed by atoms with E-state index in [0.717, 1.165) is 52.5 Å². The normalized spacial score (nSPS) is 15.4. The number of likely N-dealkylation sites (tertiary alicyclic amines) is 1. The van der Waals surface area contributed by atoms with Crippen LogP contribution in [0, 0.1) is 13.8 Å². The highest BCUT2D eigenvalue weighted by Gasteiger charge is 2.31. The number of nitrogens with zero attached hydrogens (tertiary/aromatic N) is 1. The molecule has 164 valence electrons. The Morgan fingerprint density at radius 1 is 1.16 bits per heavy atom. The highest BCUT2D eigenvalue weighted by atomic mass is 32.1. The second-order valence-electron chi connectivity index (χ2n) is 7.55. The number of halogens is 2. The summed E-state index contributed by atoms with van der Waals surface area (Å²) in [5, 5.41) is 3.80. The van der Waals surface area contributed by atoms with Crippen LogP contribution >= 0.6 is 11.3 Å². The summed E-state index contributed by atoms with van der Waals surface area (Å²) in [4.78, 5) is 16.2. The first kappa shape index (κ1) is 21.5. The number of carbonyl (C=O) groups is 1. The monoisotopic (exact) mass is 446 g/mol. The van der Waals surface area contributed by atoms with E-state index in [2.05, 4.69) is 21.9 Å². The van der Waals surface area contributed by atoms with E-state index in [9.17, 15) is 13.6 Å². The summed E-state index contributed by atoms with van der Waals surface area (Å²) < 4.78 is 34.9.